The average molecular weight is 671 g/mol. The Bertz CT molecular complexity index is 2650. The van der Waals surface area contributed by atoms with Crippen LogP contribution in [0.25, 0.3) is 90.9 Å². The fraction of sp³-hybridized carbons (Fsp3) is 0.0638. The van der Waals surface area contributed by atoms with Gasteiger partial charge in [-0.25, -0.2) is 9.97 Å². The van der Waals surface area contributed by atoms with Crippen LogP contribution in [0.5, 0.6) is 5.75 Å². The van der Waals surface area contributed by atoms with Crippen molar-refractivity contribution in [1.82, 2.24) is 19.9 Å². The predicted molar refractivity (Wildman–Crippen MR) is 214 cm³/mol. The molecule has 5 heteroatoms. The number of nitrogens with zero attached hydrogens (tertiary/aromatic N) is 2. The molecule has 4 aromatic carbocycles. The van der Waals surface area contributed by atoms with E-state index in [1.807, 2.05) is 0 Å². The number of hydrogen-bond acceptors (Lipinski definition) is 3. The standard InChI is InChI=1S/C47H34N4O/c1-4-10-30(11-5-1)44-36-22-24-38(48-36)45(31-12-6-2-7-13-31)40-26-28-42(50-40)47(33-16-18-34(19-17-33)52-35-20-21-35)43-29-27-41(51-43)46(32-14-8-3-9-15-32)39-25-23-37(44)49-39/h1-19,22-29,35,48,51H,20-21H2. The summed E-state index contributed by atoms with van der Waals surface area (Å²) in [6.07, 6.45) is 11.1. The normalized spacial score (nSPS) is 13.4. The van der Waals surface area contributed by atoms with E-state index in [9.17, 15) is 0 Å². The zero-order chi connectivity index (χ0) is 34.4. The van der Waals surface area contributed by atoms with Gasteiger partial charge in [-0.3, -0.25) is 0 Å². The Morgan fingerprint density at radius 3 is 1.04 bits per heavy atom. The number of hydrogen-bond donors (Lipinski definition) is 2. The summed E-state index contributed by atoms with van der Waals surface area (Å²) >= 11 is 0. The Kier molecular flexibility index (Phi) is 7.28. The molecule has 8 bridgehead atoms. The van der Waals surface area contributed by atoms with E-state index in [4.69, 9.17) is 14.7 Å². The Balaban J connectivity index is 1.34. The van der Waals surface area contributed by atoms with Crippen molar-refractivity contribution in [3.63, 3.8) is 0 Å². The van der Waals surface area contributed by atoms with Gasteiger partial charge in [-0.2, -0.15) is 0 Å². The number of aromatic nitrogens is 4. The molecule has 3 aromatic heterocycles. The van der Waals surface area contributed by atoms with Crippen molar-refractivity contribution in [2.24, 2.45) is 0 Å². The van der Waals surface area contributed by atoms with Gasteiger partial charge in [0.15, 0.2) is 0 Å². The highest BCUT2D eigenvalue weighted by molar-refractivity contribution is 5.99. The molecule has 0 saturated heterocycles. The smallest absolute Gasteiger partial charge is 0.119 e. The third-order valence-corrected chi connectivity index (χ3v) is 9.91. The molecule has 0 atom stereocenters. The quantitative estimate of drug-likeness (QED) is 0.185. The van der Waals surface area contributed by atoms with Crippen LogP contribution in [0.1, 0.15) is 35.6 Å². The number of benzene rings is 4. The molecule has 52 heavy (non-hydrogen) atoms. The maximum absolute atomic E-state index is 6.12. The van der Waals surface area contributed by atoms with E-state index in [1.165, 1.54) is 0 Å². The van der Waals surface area contributed by atoms with E-state index in [0.29, 0.717) is 6.10 Å². The summed E-state index contributed by atoms with van der Waals surface area (Å²) in [5, 5.41) is 0. The second-order valence-electron chi connectivity index (χ2n) is 13.4. The van der Waals surface area contributed by atoms with Crippen LogP contribution in [0.2, 0.25) is 0 Å². The largest absolute Gasteiger partial charge is 0.490 e. The lowest BCUT2D eigenvalue weighted by Gasteiger charge is -2.08. The van der Waals surface area contributed by atoms with Crippen LogP contribution in [0.4, 0.5) is 0 Å². The Hall–Kier alpha value is -6.72. The first-order chi connectivity index (χ1) is 25.7. The maximum Gasteiger partial charge on any atom is 0.119 e. The summed E-state index contributed by atoms with van der Waals surface area (Å²) < 4.78 is 6.12. The first-order valence-electron chi connectivity index (χ1n) is 17.8. The Morgan fingerprint density at radius 2 is 0.712 bits per heavy atom. The molecule has 5 heterocycles. The van der Waals surface area contributed by atoms with Gasteiger partial charge in [0.1, 0.15) is 5.75 Å². The van der Waals surface area contributed by atoms with Gasteiger partial charge in [0.2, 0.25) is 0 Å². The van der Waals surface area contributed by atoms with Gasteiger partial charge in [-0.05, 0) is 95.8 Å². The number of fused-ring (bicyclic) bond motifs is 8. The number of H-pyrrole nitrogens is 2. The highest BCUT2D eigenvalue weighted by atomic mass is 16.5. The van der Waals surface area contributed by atoms with Crippen LogP contribution in [0, 0.1) is 0 Å². The molecule has 3 aliphatic rings. The molecule has 0 amide bonds. The number of aromatic amines is 2. The van der Waals surface area contributed by atoms with Crippen molar-refractivity contribution >= 4 is 46.4 Å². The zero-order valence-corrected chi connectivity index (χ0v) is 28.4. The molecule has 5 nitrogen and oxygen atoms in total. The summed E-state index contributed by atoms with van der Waals surface area (Å²) in [5.74, 6) is 0.898. The van der Waals surface area contributed by atoms with Crippen molar-refractivity contribution in [2.45, 2.75) is 18.9 Å². The molecular weight excluding hydrogens is 637 g/mol. The number of rotatable bonds is 6. The fourth-order valence-electron chi connectivity index (χ4n) is 7.31. The van der Waals surface area contributed by atoms with Crippen molar-refractivity contribution in [1.29, 1.82) is 0 Å². The Morgan fingerprint density at radius 1 is 0.385 bits per heavy atom. The van der Waals surface area contributed by atoms with E-state index >= 15 is 0 Å². The highest BCUT2D eigenvalue weighted by Crippen LogP contribution is 2.39. The van der Waals surface area contributed by atoms with Crippen LogP contribution >= 0.6 is 0 Å². The second-order valence-corrected chi connectivity index (χ2v) is 13.4. The third kappa shape index (κ3) is 5.53. The van der Waals surface area contributed by atoms with Crippen molar-refractivity contribution in [2.75, 3.05) is 0 Å². The van der Waals surface area contributed by atoms with E-state index < -0.39 is 0 Å². The molecule has 1 fully saturated rings. The van der Waals surface area contributed by atoms with Crippen LogP contribution in [-0.4, -0.2) is 26.0 Å². The van der Waals surface area contributed by atoms with Gasteiger partial charge >= 0.3 is 0 Å². The molecule has 1 saturated carbocycles. The van der Waals surface area contributed by atoms with Crippen molar-refractivity contribution in [3.05, 3.63) is 162 Å². The molecule has 0 radical (unpaired) electrons. The highest BCUT2D eigenvalue weighted by Gasteiger charge is 2.24. The van der Waals surface area contributed by atoms with Crippen molar-refractivity contribution < 1.29 is 4.74 Å². The molecule has 7 aromatic rings. The molecular formula is C47H34N4O. The number of nitrogens with one attached hydrogen (secondary N) is 2. The molecule has 2 aliphatic heterocycles. The topological polar surface area (TPSA) is 66.6 Å². The molecule has 10 rings (SSSR count). The summed E-state index contributed by atoms with van der Waals surface area (Å²) in [7, 11) is 0. The lowest BCUT2D eigenvalue weighted by molar-refractivity contribution is 0.303. The van der Waals surface area contributed by atoms with Gasteiger partial charge in [0, 0.05) is 44.3 Å². The van der Waals surface area contributed by atoms with Crippen molar-refractivity contribution in [3.8, 4) is 50.3 Å². The summed E-state index contributed by atoms with van der Waals surface area (Å²) in [6, 6.07) is 48.6. The fourth-order valence-corrected chi connectivity index (χ4v) is 7.31. The minimum atomic E-state index is 0.338. The number of ether oxygens (including phenoxy) is 1. The summed E-state index contributed by atoms with van der Waals surface area (Å²) in [6.45, 7) is 0. The van der Waals surface area contributed by atoms with Gasteiger partial charge < -0.3 is 14.7 Å². The van der Waals surface area contributed by atoms with Crippen LogP contribution in [0.15, 0.2) is 140 Å². The molecule has 0 unspecified atom stereocenters. The SMILES string of the molecule is C1=Cc2nc1c(-c1ccccc1)c1ccc([nH]1)c(-c1ccccc1)c1nc(c(-c3ccc(OC4CC4)cc3)c3ccc([nH]3)c2-c2ccccc2)C=C1. The minimum Gasteiger partial charge on any atom is -0.490 e. The first-order valence-corrected chi connectivity index (χ1v) is 17.8. The van der Waals surface area contributed by atoms with Crippen LogP contribution in [0.3, 0.4) is 0 Å². The minimum absolute atomic E-state index is 0.338. The monoisotopic (exact) mass is 670 g/mol. The van der Waals surface area contributed by atoms with Gasteiger partial charge in [-0.1, -0.05) is 103 Å². The van der Waals surface area contributed by atoms with E-state index in [0.717, 1.165) is 108 Å². The first kappa shape index (κ1) is 30.1. The van der Waals surface area contributed by atoms with Gasteiger partial charge in [0.05, 0.1) is 28.9 Å². The predicted octanol–water partition coefficient (Wildman–Crippen LogP) is 11.9. The summed E-state index contributed by atoms with van der Waals surface area (Å²) in [5.41, 5.74) is 16.0. The Labute approximate surface area is 301 Å². The van der Waals surface area contributed by atoms with Gasteiger partial charge in [0.25, 0.3) is 0 Å². The van der Waals surface area contributed by atoms with E-state index in [2.05, 4.69) is 174 Å². The molecule has 248 valence electrons. The average Bonchev–Trinajstić information content (AvgIpc) is 3.65. The van der Waals surface area contributed by atoms with E-state index in [1.54, 1.807) is 0 Å². The molecule has 1 aliphatic carbocycles. The molecule has 0 spiro atoms. The summed E-state index contributed by atoms with van der Waals surface area (Å²) in [4.78, 5) is 18.4. The van der Waals surface area contributed by atoms with Gasteiger partial charge in [-0.15, -0.1) is 0 Å². The third-order valence-electron chi connectivity index (χ3n) is 9.91. The maximum atomic E-state index is 6.12. The lowest BCUT2D eigenvalue weighted by Crippen LogP contribution is -1.95. The second kappa shape index (κ2) is 12.6. The molecule has 2 N–H and O–H groups in total. The van der Waals surface area contributed by atoms with E-state index in [-0.39, 0.29) is 0 Å². The van der Waals surface area contributed by atoms with Crippen LogP contribution < -0.4 is 4.74 Å². The van der Waals surface area contributed by atoms with Crippen LogP contribution in [-0.2, 0) is 0 Å². The zero-order valence-electron chi connectivity index (χ0n) is 28.4. The lowest BCUT2D eigenvalue weighted by atomic mass is 10.0.